The topological polar surface area (TPSA) is 117 Å². The van der Waals surface area contributed by atoms with E-state index in [1.807, 2.05) is 16.7 Å². The van der Waals surface area contributed by atoms with Gasteiger partial charge in [0.25, 0.3) is 0 Å². The molecule has 4 rings (SSSR count). The zero-order valence-corrected chi connectivity index (χ0v) is 20.2. The van der Waals surface area contributed by atoms with E-state index in [-0.39, 0.29) is 5.91 Å². The number of carbonyl (C=O) groups excluding carboxylic acids is 1. The van der Waals surface area contributed by atoms with Crippen molar-refractivity contribution in [3.05, 3.63) is 22.0 Å². The third kappa shape index (κ3) is 4.97. The van der Waals surface area contributed by atoms with E-state index in [1.54, 1.807) is 0 Å². The van der Waals surface area contributed by atoms with Crippen molar-refractivity contribution in [2.45, 2.75) is 36.9 Å². The van der Waals surface area contributed by atoms with Crippen LogP contribution in [0.15, 0.2) is 28.5 Å². The first-order valence-electron chi connectivity index (χ1n) is 9.92. The molecule has 0 spiro atoms. The molecule has 1 aliphatic rings. The van der Waals surface area contributed by atoms with Gasteiger partial charge in [-0.1, -0.05) is 25.6 Å². The first kappa shape index (κ1) is 21.9. The lowest BCUT2D eigenvalue weighted by Crippen LogP contribution is -2.28. The van der Waals surface area contributed by atoms with Crippen LogP contribution >= 0.6 is 34.4 Å². The van der Waals surface area contributed by atoms with E-state index in [2.05, 4.69) is 56.7 Å². The number of fused-ring (bicyclic) bond motifs is 2. The Bertz CT molecular complexity index is 1120. The number of nitrogens with two attached hydrogens (primary N) is 1. The summed E-state index contributed by atoms with van der Waals surface area (Å²) in [6, 6.07) is 3.91. The molecule has 9 nitrogen and oxygen atoms in total. The average molecular weight is 554 g/mol. The molecule has 11 heteroatoms. The highest BCUT2D eigenvalue weighted by Gasteiger charge is 2.20. The molecule has 1 amide bonds. The molecule has 0 aliphatic carbocycles. The zero-order valence-electron chi connectivity index (χ0n) is 17.2. The Hall–Kier alpha value is -2.28. The summed E-state index contributed by atoms with van der Waals surface area (Å²) in [6.07, 6.45) is 1.73. The minimum Gasteiger partial charge on any atom is -0.486 e. The lowest BCUT2D eigenvalue weighted by molar-refractivity contribution is -0.121. The van der Waals surface area contributed by atoms with E-state index in [4.69, 9.17) is 15.2 Å². The fourth-order valence-corrected chi connectivity index (χ4v) is 4.77. The molecular weight excluding hydrogens is 531 g/mol. The van der Waals surface area contributed by atoms with Crippen LogP contribution in [0.25, 0.3) is 11.2 Å². The fraction of sp³-hybridized carbons (Fsp3) is 0.400. The standard InChI is InChI=1S/C20H23IN6O3S/c1-11(2)9-23-16(28)3-4-27-19-17(18(22)24-10-25-19)26-20(27)31-15-8-14-13(7-12(15)21)29-5-6-30-14/h7-8,10-11H,3-6,9H2,1-2H3,(H,23,28)(H2,22,24,25). The van der Waals surface area contributed by atoms with Gasteiger partial charge in [-0.15, -0.1) is 0 Å². The molecule has 1 aliphatic heterocycles. The van der Waals surface area contributed by atoms with Crippen LogP contribution in [-0.2, 0) is 11.3 Å². The first-order chi connectivity index (χ1) is 14.9. The third-order valence-electron chi connectivity index (χ3n) is 4.59. The van der Waals surface area contributed by atoms with Crippen LogP contribution < -0.4 is 20.5 Å². The predicted molar refractivity (Wildman–Crippen MR) is 126 cm³/mol. The van der Waals surface area contributed by atoms with E-state index in [0.29, 0.717) is 66.5 Å². The Morgan fingerprint density at radius 1 is 1.29 bits per heavy atom. The summed E-state index contributed by atoms with van der Waals surface area (Å²) in [6.45, 7) is 6.27. The molecule has 2 aromatic heterocycles. The third-order valence-corrected chi connectivity index (χ3v) is 6.90. The van der Waals surface area contributed by atoms with Gasteiger partial charge < -0.3 is 25.1 Å². The summed E-state index contributed by atoms with van der Waals surface area (Å²) in [5.74, 6) is 2.15. The first-order valence-corrected chi connectivity index (χ1v) is 11.8. The van der Waals surface area contributed by atoms with E-state index in [9.17, 15) is 4.79 Å². The van der Waals surface area contributed by atoms with Gasteiger partial charge >= 0.3 is 0 Å². The van der Waals surface area contributed by atoms with Gasteiger partial charge in [0.1, 0.15) is 19.5 Å². The normalized spacial score (nSPS) is 13.0. The van der Waals surface area contributed by atoms with Crippen molar-refractivity contribution >= 4 is 57.2 Å². The number of anilines is 1. The number of ether oxygens (including phenoxy) is 2. The van der Waals surface area contributed by atoms with E-state index in [1.165, 1.54) is 18.1 Å². The number of nitrogens with zero attached hydrogens (tertiary/aromatic N) is 4. The van der Waals surface area contributed by atoms with Gasteiger partial charge in [-0.05, 0) is 40.6 Å². The molecule has 0 fully saturated rings. The van der Waals surface area contributed by atoms with Gasteiger partial charge in [0.05, 0.1) is 0 Å². The number of hydrogen-bond acceptors (Lipinski definition) is 8. The maximum Gasteiger partial charge on any atom is 0.221 e. The van der Waals surface area contributed by atoms with Gasteiger partial charge in [0.15, 0.2) is 33.6 Å². The quantitative estimate of drug-likeness (QED) is 0.428. The SMILES string of the molecule is CC(C)CNC(=O)CCn1c(Sc2cc3c(cc2I)OCCO3)nc2c(N)ncnc21. The van der Waals surface area contributed by atoms with Gasteiger partial charge in [0, 0.05) is 28.0 Å². The summed E-state index contributed by atoms with van der Waals surface area (Å²) < 4.78 is 14.3. The summed E-state index contributed by atoms with van der Waals surface area (Å²) >= 11 is 3.74. The maximum absolute atomic E-state index is 12.3. The van der Waals surface area contributed by atoms with E-state index in [0.717, 1.165) is 14.2 Å². The fourth-order valence-electron chi connectivity index (χ4n) is 3.06. The molecule has 0 radical (unpaired) electrons. The number of aryl methyl sites for hydroxylation is 1. The number of nitrogens with one attached hydrogen (secondary N) is 1. The van der Waals surface area contributed by atoms with Crippen LogP contribution in [0.1, 0.15) is 20.3 Å². The Morgan fingerprint density at radius 3 is 2.77 bits per heavy atom. The largest absolute Gasteiger partial charge is 0.486 e. The van der Waals surface area contributed by atoms with Gasteiger partial charge in [-0.25, -0.2) is 15.0 Å². The van der Waals surface area contributed by atoms with Crippen molar-refractivity contribution in [1.29, 1.82) is 0 Å². The second-order valence-electron chi connectivity index (χ2n) is 7.45. The highest BCUT2D eigenvalue weighted by Crippen LogP contribution is 2.40. The van der Waals surface area contributed by atoms with Gasteiger partial charge in [-0.2, -0.15) is 0 Å². The summed E-state index contributed by atoms with van der Waals surface area (Å²) in [5, 5.41) is 3.64. The van der Waals surface area contributed by atoms with Gasteiger partial charge in [-0.3, -0.25) is 4.79 Å². The van der Waals surface area contributed by atoms with E-state index < -0.39 is 0 Å². The van der Waals surface area contributed by atoms with Crippen LogP contribution in [0.5, 0.6) is 11.5 Å². The number of aromatic nitrogens is 4. The smallest absolute Gasteiger partial charge is 0.221 e. The number of halogens is 1. The molecule has 31 heavy (non-hydrogen) atoms. The van der Waals surface area contributed by atoms with Crippen LogP contribution in [0.4, 0.5) is 5.82 Å². The van der Waals surface area contributed by atoms with Crippen molar-refractivity contribution in [3.8, 4) is 11.5 Å². The van der Waals surface area contributed by atoms with Crippen LogP contribution in [-0.4, -0.2) is 45.2 Å². The molecule has 3 aromatic rings. The summed E-state index contributed by atoms with van der Waals surface area (Å²) in [4.78, 5) is 26.4. The predicted octanol–water partition coefficient (Wildman–Crippen LogP) is 3.10. The molecule has 3 heterocycles. The van der Waals surface area contributed by atoms with Crippen molar-refractivity contribution in [3.63, 3.8) is 0 Å². The Labute approximate surface area is 197 Å². The summed E-state index contributed by atoms with van der Waals surface area (Å²) in [5.41, 5.74) is 7.17. The minimum atomic E-state index is -0.0116. The summed E-state index contributed by atoms with van der Waals surface area (Å²) in [7, 11) is 0. The zero-order chi connectivity index (χ0) is 22.0. The molecule has 0 saturated heterocycles. The number of carbonyl (C=O) groups is 1. The highest BCUT2D eigenvalue weighted by molar-refractivity contribution is 14.1. The molecular formula is C20H23IN6O3S. The molecule has 3 N–H and O–H groups in total. The monoisotopic (exact) mass is 554 g/mol. The Balaban J connectivity index is 1.63. The number of imidazole rings is 1. The van der Waals surface area contributed by atoms with E-state index >= 15 is 0 Å². The van der Waals surface area contributed by atoms with Crippen LogP contribution in [0.3, 0.4) is 0 Å². The van der Waals surface area contributed by atoms with Crippen molar-refractivity contribution < 1.29 is 14.3 Å². The number of benzene rings is 1. The van der Waals surface area contributed by atoms with Crippen molar-refractivity contribution in [2.75, 3.05) is 25.5 Å². The number of rotatable bonds is 7. The molecule has 0 unspecified atom stereocenters. The number of nitrogen functional groups attached to an aromatic ring is 1. The lowest BCUT2D eigenvalue weighted by atomic mass is 10.2. The average Bonchev–Trinajstić information content (AvgIpc) is 3.09. The Kier molecular flexibility index (Phi) is 6.70. The second-order valence-corrected chi connectivity index (χ2v) is 9.62. The molecule has 0 saturated carbocycles. The van der Waals surface area contributed by atoms with Crippen molar-refractivity contribution in [1.82, 2.24) is 24.8 Å². The van der Waals surface area contributed by atoms with Crippen LogP contribution in [0, 0.1) is 9.49 Å². The molecule has 164 valence electrons. The number of hydrogen-bond donors (Lipinski definition) is 2. The van der Waals surface area contributed by atoms with Crippen molar-refractivity contribution in [2.24, 2.45) is 5.92 Å². The maximum atomic E-state index is 12.3. The molecule has 0 bridgehead atoms. The lowest BCUT2D eigenvalue weighted by Gasteiger charge is -2.19. The van der Waals surface area contributed by atoms with Crippen LogP contribution in [0.2, 0.25) is 0 Å². The number of amides is 1. The minimum absolute atomic E-state index is 0.0116. The second kappa shape index (κ2) is 9.47. The molecule has 1 aromatic carbocycles. The Morgan fingerprint density at radius 2 is 2.03 bits per heavy atom. The highest BCUT2D eigenvalue weighted by atomic mass is 127. The molecule has 0 atom stereocenters. The van der Waals surface area contributed by atoms with Gasteiger partial charge in [0.2, 0.25) is 5.91 Å².